The van der Waals surface area contributed by atoms with Crippen molar-refractivity contribution in [1.82, 2.24) is 4.90 Å². The van der Waals surface area contributed by atoms with E-state index in [1.807, 2.05) is 0 Å². The highest BCUT2D eigenvalue weighted by molar-refractivity contribution is 5.97. The molecule has 3 rings (SSSR count). The highest BCUT2D eigenvalue weighted by Gasteiger charge is 2.28. The lowest BCUT2D eigenvalue weighted by atomic mass is 9.95. The molecule has 164 valence electrons. The zero-order chi connectivity index (χ0) is 22.5. The maximum absolute atomic E-state index is 12.9. The van der Waals surface area contributed by atoms with E-state index in [0.29, 0.717) is 59.8 Å². The van der Waals surface area contributed by atoms with Crippen molar-refractivity contribution in [3.63, 3.8) is 0 Å². The predicted molar refractivity (Wildman–Crippen MR) is 117 cm³/mol. The molecule has 8 nitrogen and oxygen atoms in total. The fourth-order valence-corrected chi connectivity index (χ4v) is 3.72. The first-order valence-electron chi connectivity index (χ1n) is 10.1. The van der Waals surface area contributed by atoms with E-state index in [0.717, 1.165) is 0 Å². The maximum atomic E-state index is 12.9. The Kier molecular flexibility index (Phi) is 6.79. The Morgan fingerprint density at radius 3 is 2.13 bits per heavy atom. The molecule has 0 atom stereocenters. The first-order valence-corrected chi connectivity index (χ1v) is 10.1. The Morgan fingerprint density at radius 1 is 1.00 bits per heavy atom. The van der Waals surface area contributed by atoms with E-state index in [1.54, 1.807) is 48.2 Å². The highest BCUT2D eigenvalue weighted by atomic mass is 16.5. The summed E-state index contributed by atoms with van der Waals surface area (Å²) in [7, 11) is 3.08. The molecule has 3 N–H and O–H groups in total. The summed E-state index contributed by atoms with van der Waals surface area (Å²) >= 11 is 0. The van der Waals surface area contributed by atoms with Crippen LogP contribution in [-0.2, 0) is 4.79 Å². The molecule has 1 fully saturated rings. The molecule has 0 spiro atoms. The predicted octanol–water partition coefficient (Wildman–Crippen LogP) is 2.60. The third-order valence-electron chi connectivity index (χ3n) is 5.51. The van der Waals surface area contributed by atoms with Crippen LogP contribution in [0.5, 0.6) is 11.5 Å². The number of hydrogen-bond acceptors (Lipinski definition) is 5. The largest absolute Gasteiger partial charge is 0.497 e. The van der Waals surface area contributed by atoms with Crippen LogP contribution in [0, 0.1) is 12.8 Å². The van der Waals surface area contributed by atoms with Gasteiger partial charge in [0.1, 0.15) is 11.5 Å². The van der Waals surface area contributed by atoms with Crippen LogP contribution < -0.4 is 20.5 Å². The number of ether oxygens (including phenoxy) is 2. The van der Waals surface area contributed by atoms with Gasteiger partial charge >= 0.3 is 0 Å². The zero-order valence-corrected chi connectivity index (χ0v) is 17.9. The van der Waals surface area contributed by atoms with Crippen LogP contribution >= 0.6 is 0 Å². The molecule has 1 aliphatic heterocycles. The van der Waals surface area contributed by atoms with Crippen LogP contribution in [-0.4, -0.2) is 49.9 Å². The van der Waals surface area contributed by atoms with E-state index in [9.17, 15) is 14.4 Å². The van der Waals surface area contributed by atoms with Crippen molar-refractivity contribution >= 4 is 23.4 Å². The van der Waals surface area contributed by atoms with Crippen molar-refractivity contribution < 1.29 is 23.9 Å². The fraction of sp³-hybridized carbons (Fsp3) is 0.348. The topological polar surface area (TPSA) is 111 Å². The quantitative estimate of drug-likeness (QED) is 0.739. The molecule has 0 bridgehead atoms. The number of amides is 3. The summed E-state index contributed by atoms with van der Waals surface area (Å²) in [4.78, 5) is 38.7. The number of benzene rings is 2. The Balaban J connectivity index is 1.60. The summed E-state index contributed by atoms with van der Waals surface area (Å²) in [5, 5.41) is 2.90. The van der Waals surface area contributed by atoms with E-state index in [1.165, 1.54) is 14.2 Å². The number of primary amides is 1. The second-order valence-electron chi connectivity index (χ2n) is 7.55. The average molecular weight is 425 g/mol. The fourth-order valence-electron chi connectivity index (χ4n) is 3.72. The number of nitrogens with one attached hydrogen (secondary N) is 1. The van der Waals surface area contributed by atoms with Crippen LogP contribution in [0.1, 0.15) is 39.1 Å². The maximum Gasteiger partial charge on any atom is 0.254 e. The third-order valence-corrected chi connectivity index (χ3v) is 5.51. The normalized spacial score (nSPS) is 14.1. The zero-order valence-electron chi connectivity index (χ0n) is 17.9. The minimum Gasteiger partial charge on any atom is -0.497 e. The molecular weight excluding hydrogens is 398 g/mol. The van der Waals surface area contributed by atoms with Gasteiger partial charge in [0, 0.05) is 41.9 Å². The summed E-state index contributed by atoms with van der Waals surface area (Å²) in [6.45, 7) is 2.74. The van der Waals surface area contributed by atoms with Gasteiger partial charge in [0.15, 0.2) is 0 Å². The number of carbonyl (C=O) groups is 3. The van der Waals surface area contributed by atoms with E-state index in [-0.39, 0.29) is 17.7 Å². The summed E-state index contributed by atoms with van der Waals surface area (Å²) in [5.74, 6) is 0.195. The summed E-state index contributed by atoms with van der Waals surface area (Å²) in [5.41, 5.74) is 7.57. The van der Waals surface area contributed by atoms with Crippen LogP contribution in [0.2, 0.25) is 0 Å². The summed E-state index contributed by atoms with van der Waals surface area (Å²) in [6.07, 6.45) is 1.13. The molecule has 0 unspecified atom stereocenters. The SMILES string of the molecule is COc1cc(OC)cc(C(=O)N2CCC(C(=O)Nc3ccc(C(N)=O)c(C)c3)CC2)c1. The molecule has 2 aromatic rings. The number of piperidine rings is 1. The van der Waals surface area contributed by atoms with E-state index in [4.69, 9.17) is 15.2 Å². The second kappa shape index (κ2) is 9.51. The van der Waals surface area contributed by atoms with Crippen molar-refractivity contribution in [3.05, 3.63) is 53.1 Å². The van der Waals surface area contributed by atoms with Gasteiger partial charge in [-0.15, -0.1) is 0 Å². The molecule has 0 saturated carbocycles. The number of methoxy groups -OCH3 is 2. The number of hydrogen-bond donors (Lipinski definition) is 2. The Morgan fingerprint density at radius 2 is 1.61 bits per heavy atom. The van der Waals surface area contributed by atoms with Gasteiger partial charge in [-0.05, 0) is 55.7 Å². The van der Waals surface area contributed by atoms with Crippen molar-refractivity contribution in [1.29, 1.82) is 0 Å². The molecule has 1 heterocycles. The van der Waals surface area contributed by atoms with Gasteiger partial charge in [-0.2, -0.15) is 0 Å². The molecule has 0 radical (unpaired) electrons. The van der Waals surface area contributed by atoms with E-state index < -0.39 is 5.91 Å². The van der Waals surface area contributed by atoms with Gasteiger partial charge in [-0.1, -0.05) is 0 Å². The minimum absolute atomic E-state index is 0.0960. The van der Waals surface area contributed by atoms with Crippen molar-refractivity contribution in [3.8, 4) is 11.5 Å². The lowest BCUT2D eigenvalue weighted by molar-refractivity contribution is -0.121. The van der Waals surface area contributed by atoms with Gasteiger partial charge in [0.25, 0.3) is 5.91 Å². The average Bonchev–Trinajstić information content (AvgIpc) is 2.78. The van der Waals surface area contributed by atoms with E-state index >= 15 is 0 Å². The van der Waals surface area contributed by atoms with Crippen LogP contribution in [0.3, 0.4) is 0 Å². The molecule has 0 aromatic heterocycles. The molecule has 1 saturated heterocycles. The van der Waals surface area contributed by atoms with Gasteiger partial charge in [0.05, 0.1) is 14.2 Å². The number of likely N-dealkylation sites (tertiary alicyclic amines) is 1. The smallest absolute Gasteiger partial charge is 0.254 e. The van der Waals surface area contributed by atoms with E-state index in [2.05, 4.69) is 5.32 Å². The lowest BCUT2D eigenvalue weighted by Gasteiger charge is -2.31. The monoisotopic (exact) mass is 425 g/mol. The molecule has 3 amide bonds. The third kappa shape index (κ3) is 5.14. The number of carbonyl (C=O) groups excluding carboxylic acids is 3. The number of nitrogens with zero attached hydrogens (tertiary/aromatic N) is 1. The summed E-state index contributed by atoms with van der Waals surface area (Å²) in [6, 6.07) is 10.1. The molecule has 8 heteroatoms. The van der Waals surface area contributed by atoms with Gasteiger partial charge in [0.2, 0.25) is 11.8 Å². The Hall–Kier alpha value is -3.55. The van der Waals surface area contributed by atoms with Crippen molar-refractivity contribution in [2.24, 2.45) is 11.7 Å². The standard InChI is InChI=1S/C23H27N3O5/c1-14-10-17(4-5-20(14)21(24)27)25-22(28)15-6-8-26(9-7-15)23(29)16-11-18(30-2)13-19(12-16)31-3/h4-5,10-13,15H,6-9H2,1-3H3,(H2,24,27)(H,25,28). The lowest BCUT2D eigenvalue weighted by Crippen LogP contribution is -2.41. The Bertz CT molecular complexity index is 974. The molecule has 2 aromatic carbocycles. The highest BCUT2D eigenvalue weighted by Crippen LogP contribution is 2.26. The molecule has 0 aliphatic carbocycles. The number of nitrogens with two attached hydrogens (primary N) is 1. The van der Waals surface area contributed by atoms with Crippen LogP contribution in [0.15, 0.2) is 36.4 Å². The van der Waals surface area contributed by atoms with Crippen LogP contribution in [0.4, 0.5) is 5.69 Å². The minimum atomic E-state index is -0.499. The molecule has 31 heavy (non-hydrogen) atoms. The first-order chi connectivity index (χ1) is 14.8. The van der Waals surface area contributed by atoms with Crippen LogP contribution in [0.25, 0.3) is 0 Å². The van der Waals surface area contributed by atoms with Crippen molar-refractivity contribution in [2.45, 2.75) is 19.8 Å². The second-order valence-corrected chi connectivity index (χ2v) is 7.55. The number of anilines is 1. The first kappa shape index (κ1) is 22.1. The number of aryl methyl sites for hydroxylation is 1. The number of rotatable bonds is 6. The van der Waals surface area contributed by atoms with Gasteiger partial charge < -0.3 is 25.4 Å². The Labute approximate surface area is 181 Å². The summed E-state index contributed by atoms with van der Waals surface area (Å²) < 4.78 is 10.5. The molecule has 1 aliphatic rings. The van der Waals surface area contributed by atoms with Gasteiger partial charge in [-0.25, -0.2) is 0 Å². The molecular formula is C23H27N3O5. The van der Waals surface area contributed by atoms with Gasteiger partial charge in [-0.3, -0.25) is 14.4 Å². The van der Waals surface area contributed by atoms with Crippen molar-refractivity contribution in [2.75, 3.05) is 32.6 Å².